The Kier molecular flexibility index (Phi) is 6.52. The molecule has 0 saturated carbocycles. The molecular formula is C20H28N4OS. The summed E-state index contributed by atoms with van der Waals surface area (Å²) < 4.78 is 0. The van der Waals surface area contributed by atoms with E-state index >= 15 is 0 Å². The second-order valence-corrected chi connectivity index (χ2v) is 7.87. The molecule has 0 aliphatic carbocycles. The highest BCUT2D eigenvalue weighted by molar-refractivity contribution is 7.10. The summed E-state index contributed by atoms with van der Waals surface area (Å²) >= 11 is 1.72. The van der Waals surface area contributed by atoms with E-state index in [1.165, 1.54) is 24.1 Å². The number of piperidine rings is 1. The fourth-order valence-corrected chi connectivity index (χ4v) is 4.29. The largest absolute Gasteiger partial charge is 0.370 e. The van der Waals surface area contributed by atoms with Crippen LogP contribution in [0.15, 0.2) is 41.8 Å². The average Bonchev–Trinajstić information content (AvgIpc) is 3.17. The number of hydrogen-bond donors (Lipinski definition) is 2. The van der Waals surface area contributed by atoms with E-state index in [-0.39, 0.29) is 12.1 Å². The van der Waals surface area contributed by atoms with Crippen molar-refractivity contribution < 1.29 is 4.79 Å². The molecule has 1 unspecified atom stereocenters. The van der Waals surface area contributed by atoms with Gasteiger partial charge in [-0.1, -0.05) is 18.2 Å². The lowest BCUT2D eigenvalue weighted by Gasteiger charge is -2.30. The van der Waals surface area contributed by atoms with Gasteiger partial charge < -0.3 is 20.4 Å². The third-order valence-corrected chi connectivity index (χ3v) is 5.77. The van der Waals surface area contributed by atoms with Gasteiger partial charge in [0.05, 0.1) is 17.4 Å². The number of rotatable bonds is 6. The van der Waals surface area contributed by atoms with Gasteiger partial charge in [0.15, 0.2) is 0 Å². The molecule has 26 heavy (non-hydrogen) atoms. The molecule has 3 rings (SSSR count). The predicted molar refractivity (Wildman–Crippen MR) is 110 cm³/mol. The number of amides is 2. The van der Waals surface area contributed by atoms with Crippen molar-refractivity contribution >= 4 is 28.7 Å². The van der Waals surface area contributed by atoms with Crippen molar-refractivity contribution in [1.29, 1.82) is 0 Å². The first-order chi connectivity index (χ1) is 12.6. The summed E-state index contributed by atoms with van der Waals surface area (Å²) in [5.74, 6) is 0. The fourth-order valence-electron chi connectivity index (χ4n) is 3.36. The van der Waals surface area contributed by atoms with Gasteiger partial charge in [0, 0.05) is 24.5 Å². The van der Waals surface area contributed by atoms with Gasteiger partial charge in [-0.15, -0.1) is 11.3 Å². The van der Waals surface area contributed by atoms with Gasteiger partial charge in [-0.25, -0.2) is 4.79 Å². The minimum absolute atomic E-state index is 0.155. The molecule has 1 aliphatic rings. The molecule has 2 aromatic rings. The van der Waals surface area contributed by atoms with Gasteiger partial charge in [-0.2, -0.15) is 0 Å². The quantitative estimate of drug-likeness (QED) is 0.800. The maximum absolute atomic E-state index is 12.5. The lowest BCUT2D eigenvalue weighted by molar-refractivity contribution is 0.244. The standard InChI is InChI=1S/C20H28N4OS/c1-23(2)18(19-11-8-14-26-19)15-21-20(25)22-16-9-4-5-10-17(16)24-12-6-3-7-13-24/h4-5,8-11,14,18H,3,6-7,12-13,15H2,1-2H3,(H2,21,22,25). The van der Waals surface area contributed by atoms with Crippen LogP contribution in [0, 0.1) is 0 Å². The predicted octanol–water partition coefficient (Wildman–Crippen LogP) is 4.16. The van der Waals surface area contributed by atoms with Crippen molar-refractivity contribution in [2.45, 2.75) is 25.3 Å². The Morgan fingerprint density at radius 3 is 2.62 bits per heavy atom. The number of nitrogens with zero attached hydrogens (tertiary/aromatic N) is 2. The Bertz CT molecular complexity index is 696. The van der Waals surface area contributed by atoms with Crippen LogP contribution in [0.5, 0.6) is 0 Å². The number of carbonyl (C=O) groups is 1. The van der Waals surface area contributed by atoms with Gasteiger partial charge in [0.25, 0.3) is 0 Å². The number of para-hydroxylation sites is 2. The molecule has 2 amide bonds. The maximum Gasteiger partial charge on any atom is 0.319 e. The summed E-state index contributed by atoms with van der Waals surface area (Å²) in [6.07, 6.45) is 3.72. The number of benzene rings is 1. The number of nitrogens with one attached hydrogen (secondary N) is 2. The third-order valence-electron chi connectivity index (χ3n) is 4.80. The number of likely N-dealkylation sites (N-methyl/N-ethyl adjacent to an activating group) is 1. The van der Waals surface area contributed by atoms with Crippen LogP contribution in [0.3, 0.4) is 0 Å². The molecule has 1 atom stereocenters. The molecule has 140 valence electrons. The van der Waals surface area contributed by atoms with Crippen molar-refractivity contribution in [3.63, 3.8) is 0 Å². The number of hydrogen-bond acceptors (Lipinski definition) is 4. The fraction of sp³-hybridized carbons (Fsp3) is 0.450. The van der Waals surface area contributed by atoms with Crippen LogP contribution in [-0.2, 0) is 0 Å². The zero-order valence-electron chi connectivity index (χ0n) is 15.6. The monoisotopic (exact) mass is 372 g/mol. The third kappa shape index (κ3) is 4.77. The summed E-state index contributed by atoms with van der Waals surface area (Å²) in [6.45, 7) is 2.69. The van der Waals surface area contributed by atoms with E-state index in [0.29, 0.717) is 6.54 Å². The summed E-state index contributed by atoms with van der Waals surface area (Å²) in [4.78, 5) is 18.2. The molecule has 6 heteroatoms. The molecule has 0 bridgehead atoms. The first kappa shape index (κ1) is 18.7. The van der Waals surface area contributed by atoms with Crippen LogP contribution in [0.2, 0.25) is 0 Å². The number of anilines is 2. The minimum Gasteiger partial charge on any atom is -0.370 e. The topological polar surface area (TPSA) is 47.6 Å². The van der Waals surface area contributed by atoms with E-state index in [4.69, 9.17) is 0 Å². The highest BCUT2D eigenvalue weighted by Crippen LogP contribution is 2.28. The highest BCUT2D eigenvalue weighted by Gasteiger charge is 2.18. The van der Waals surface area contributed by atoms with Crippen molar-refractivity contribution in [3.8, 4) is 0 Å². The molecule has 1 aromatic heterocycles. The SMILES string of the molecule is CN(C)C(CNC(=O)Nc1ccccc1N1CCCCC1)c1cccs1. The second kappa shape index (κ2) is 9.05. The number of thiophene rings is 1. The zero-order chi connectivity index (χ0) is 18.4. The Morgan fingerprint density at radius 1 is 1.15 bits per heavy atom. The van der Waals surface area contributed by atoms with E-state index in [1.807, 2.05) is 38.4 Å². The van der Waals surface area contributed by atoms with E-state index < -0.39 is 0 Å². The highest BCUT2D eigenvalue weighted by atomic mass is 32.1. The first-order valence-corrected chi connectivity index (χ1v) is 10.1. The van der Waals surface area contributed by atoms with Crippen LogP contribution >= 0.6 is 11.3 Å². The molecule has 2 heterocycles. The van der Waals surface area contributed by atoms with Crippen molar-refractivity contribution in [2.75, 3.05) is 43.9 Å². The average molecular weight is 373 g/mol. The summed E-state index contributed by atoms with van der Waals surface area (Å²) in [5, 5.41) is 8.14. The van der Waals surface area contributed by atoms with Crippen LogP contribution < -0.4 is 15.5 Å². The van der Waals surface area contributed by atoms with Gasteiger partial charge in [0.2, 0.25) is 0 Å². The van der Waals surface area contributed by atoms with Crippen LogP contribution in [0.4, 0.5) is 16.2 Å². The van der Waals surface area contributed by atoms with Crippen molar-refractivity contribution in [3.05, 3.63) is 46.7 Å². The second-order valence-electron chi connectivity index (χ2n) is 6.89. The van der Waals surface area contributed by atoms with Gasteiger partial charge in [-0.3, -0.25) is 0 Å². The number of urea groups is 1. The molecule has 1 saturated heterocycles. The molecule has 5 nitrogen and oxygen atoms in total. The summed E-state index contributed by atoms with van der Waals surface area (Å²) in [6, 6.07) is 12.3. The molecular weight excluding hydrogens is 344 g/mol. The van der Waals surface area contributed by atoms with E-state index in [0.717, 1.165) is 24.5 Å². The summed E-state index contributed by atoms with van der Waals surface area (Å²) in [5.41, 5.74) is 1.99. The Hall–Kier alpha value is -2.05. The molecule has 2 N–H and O–H groups in total. The molecule has 1 fully saturated rings. The van der Waals surface area contributed by atoms with Crippen LogP contribution in [0.1, 0.15) is 30.2 Å². The van der Waals surface area contributed by atoms with E-state index in [2.05, 4.69) is 37.9 Å². The van der Waals surface area contributed by atoms with Crippen LogP contribution in [0.25, 0.3) is 0 Å². The van der Waals surface area contributed by atoms with Gasteiger partial charge in [0.1, 0.15) is 0 Å². The minimum atomic E-state index is -0.155. The molecule has 0 spiro atoms. The van der Waals surface area contributed by atoms with Crippen molar-refractivity contribution in [2.24, 2.45) is 0 Å². The molecule has 0 radical (unpaired) electrons. The summed E-state index contributed by atoms with van der Waals surface area (Å²) in [7, 11) is 4.07. The van der Waals surface area contributed by atoms with Crippen molar-refractivity contribution in [1.82, 2.24) is 10.2 Å². The Balaban J connectivity index is 1.61. The van der Waals surface area contributed by atoms with Crippen LogP contribution in [-0.4, -0.2) is 44.7 Å². The van der Waals surface area contributed by atoms with E-state index in [9.17, 15) is 4.79 Å². The van der Waals surface area contributed by atoms with E-state index in [1.54, 1.807) is 11.3 Å². The van der Waals surface area contributed by atoms with Gasteiger partial charge in [-0.05, 0) is 56.9 Å². The Labute approximate surface area is 160 Å². The lowest BCUT2D eigenvalue weighted by atomic mass is 10.1. The first-order valence-electron chi connectivity index (χ1n) is 9.24. The molecule has 1 aromatic carbocycles. The maximum atomic E-state index is 12.5. The Morgan fingerprint density at radius 2 is 1.92 bits per heavy atom. The zero-order valence-corrected chi connectivity index (χ0v) is 16.4. The lowest BCUT2D eigenvalue weighted by Crippen LogP contribution is -2.37. The number of carbonyl (C=O) groups excluding carboxylic acids is 1. The normalized spacial score (nSPS) is 15.7. The van der Waals surface area contributed by atoms with Gasteiger partial charge >= 0.3 is 6.03 Å². The smallest absolute Gasteiger partial charge is 0.319 e. The molecule has 1 aliphatic heterocycles.